The van der Waals surface area contributed by atoms with Crippen LogP contribution in [0, 0.1) is 0 Å². The molecule has 0 aromatic heterocycles. The second-order valence-electron chi connectivity index (χ2n) is 2.70. The quantitative estimate of drug-likeness (QED) is 0.296. The molecule has 1 atom stereocenters. The molecule has 0 aliphatic heterocycles. The minimum absolute atomic E-state index is 0.278. The van der Waals surface area contributed by atoms with Crippen LogP contribution >= 0.6 is 11.8 Å². The first kappa shape index (κ1) is 10.9. The number of rotatable bonds is 3. The average Bonchev–Trinajstić information content (AvgIpc) is 2.26. The largest absolute Gasteiger partial charge is 0.388 e. The molecule has 0 aliphatic rings. The van der Waals surface area contributed by atoms with Crippen molar-refractivity contribution < 1.29 is 5.11 Å². The van der Waals surface area contributed by atoms with Crippen molar-refractivity contribution in [2.75, 3.05) is 5.75 Å². The zero-order chi connectivity index (χ0) is 10.4. The van der Waals surface area contributed by atoms with Crippen LogP contribution in [0.1, 0.15) is 11.7 Å². The van der Waals surface area contributed by atoms with E-state index in [0.29, 0.717) is 5.75 Å². The van der Waals surface area contributed by atoms with E-state index in [1.807, 2.05) is 30.3 Å². The lowest BCUT2D eigenvalue weighted by molar-refractivity contribution is 0.204. The van der Waals surface area contributed by atoms with Crippen molar-refractivity contribution in [1.82, 2.24) is 0 Å². The van der Waals surface area contributed by atoms with Gasteiger partial charge in [0, 0.05) is 5.75 Å². The number of amidine groups is 1. The van der Waals surface area contributed by atoms with E-state index in [2.05, 4.69) is 5.10 Å². The SMILES string of the molecule is NN=C(N)SCC(O)c1ccccc1. The van der Waals surface area contributed by atoms with E-state index in [0.717, 1.165) is 5.56 Å². The standard InChI is InChI=1S/C9H13N3OS/c10-9(12-11)14-6-8(13)7-4-2-1-3-5-7/h1-5,8,13H,6,11H2,(H2,10,12). The molecule has 0 aliphatic carbocycles. The third-order valence-electron chi connectivity index (χ3n) is 1.70. The summed E-state index contributed by atoms with van der Waals surface area (Å²) in [6, 6.07) is 9.38. The Hall–Kier alpha value is -1.20. The molecule has 0 saturated heterocycles. The number of aliphatic hydroxyl groups excluding tert-OH is 1. The molecule has 0 radical (unpaired) electrons. The molecule has 14 heavy (non-hydrogen) atoms. The van der Waals surface area contributed by atoms with E-state index >= 15 is 0 Å². The Labute approximate surface area is 87.0 Å². The van der Waals surface area contributed by atoms with Crippen LogP contribution in [0.25, 0.3) is 0 Å². The molecular formula is C9H13N3OS. The molecule has 0 fully saturated rings. The Kier molecular flexibility index (Phi) is 4.28. The fourth-order valence-electron chi connectivity index (χ4n) is 0.973. The third-order valence-corrected chi connectivity index (χ3v) is 2.58. The summed E-state index contributed by atoms with van der Waals surface area (Å²) < 4.78 is 0. The summed E-state index contributed by atoms with van der Waals surface area (Å²) in [5.41, 5.74) is 6.24. The molecule has 0 spiro atoms. The summed E-state index contributed by atoms with van der Waals surface area (Å²) in [4.78, 5) is 0. The average molecular weight is 211 g/mol. The van der Waals surface area contributed by atoms with Crippen LogP contribution in [0.4, 0.5) is 0 Å². The highest BCUT2D eigenvalue weighted by atomic mass is 32.2. The van der Waals surface area contributed by atoms with Gasteiger partial charge in [0.05, 0.1) is 6.10 Å². The van der Waals surface area contributed by atoms with Crippen molar-refractivity contribution in [2.45, 2.75) is 6.10 Å². The topological polar surface area (TPSA) is 84.6 Å². The summed E-state index contributed by atoms with van der Waals surface area (Å²) in [7, 11) is 0. The van der Waals surface area contributed by atoms with Gasteiger partial charge in [-0.25, -0.2) is 0 Å². The van der Waals surface area contributed by atoms with Gasteiger partial charge in [-0.1, -0.05) is 42.1 Å². The molecule has 0 heterocycles. The third kappa shape index (κ3) is 3.27. The second kappa shape index (κ2) is 5.51. The molecule has 1 aromatic carbocycles. The summed E-state index contributed by atoms with van der Waals surface area (Å²) in [6.07, 6.45) is -0.540. The molecule has 1 aromatic rings. The van der Waals surface area contributed by atoms with Crippen molar-refractivity contribution in [1.29, 1.82) is 0 Å². The Morgan fingerprint density at radius 2 is 2.07 bits per heavy atom. The summed E-state index contributed by atoms with van der Waals surface area (Å²) in [6.45, 7) is 0. The van der Waals surface area contributed by atoms with Crippen molar-refractivity contribution in [3.63, 3.8) is 0 Å². The maximum absolute atomic E-state index is 9.69. The van der Waals surface area contributed by atoms with Crippen molar-refractivity contribution in [2.24, 2.45) is 16.7 Å². The number of aliphatic hydroxyl groups is 1. The van der Waals surface area contributed by atoms with Crippen molar-refractivity contribution in [3.8, 4) is 0 Å². The maximum atomic E-state index is 9.69. The molecule has 1 rings (SSSR count). The first-order chi connectivity index (χ1) is 6.74. The smallest absolute Gasteiger partial charge is 0.177 e. The molecular weight excluding hydrogens is 198 g/mol. The molecule has 0 saturated carbocycles. The lowest BCUT2D eigenvalue weighted by atomic mass is 10.1. The van der Waals surface area contributed by atoms with Gasteiger partial charge in [0.25, 0.3) is 0 Å². The Balaban J connectivity index is 2.47. The highest BCUT2D eigenvalue weighted by molar-refractivity contribution is 8.13. The minimum Gasteiger partial charge on any atom is -0.388 e. The molecule has 4 nitrogen and oxygen atoms in total. The van der Waals surface area contributed by atoms with Gasteiger partial charge in [-0.3, -0.25) is 0 Å². The van der Waals surface area contributed by atoms with Gasteiger partial charge in [0.15, 0.2) is 5.17 Å². The zero-order valence-corrected chi connectivity index (χ0v) is 8.45. The number of nitrogens with two attached hydrogens (primary N) is 2. The Morgan fingerprint density at radius 1 is 1.43 bits per heavy atom. The van der Waals surface area contributed by atoms with Crippen molar-refractivity contribution in [3.05, 3.63) is 35.9 Å². The van der Waals surface area contributed by atoms with Crippen LogP contribution in [0.3, 0.4) is 0 Å². The number of hydrogen-bond acceptors (Lipinski definition) is 4. The van der Waals surface area contributed by atoms with Crippen LogP contribution < -0.4 is 11.6 Å². The van der Waals surface area contributed by atoms with Gasteiger partial charge in [-0.2, -0.15) is 5.10 Å². The van der Waals surface area contributed by atoms with E-state index < -0.39 is 6.10 Å². The number of hydrazone groups is 1. The van der Waals surface area contributed by atoms with Gasteiger partial charge in [-0.05, 0) is 5.56 Å². The van der Waals surface area contributed by atoms with Gasteiger partial charge in [0.1, 0.15) is 0 Å². The fourth-order valence-corrected chi connectivity index (χ4v) is 1.57. The molecule has 76 valence electrons. The van der Waals surface area contributed by atoms with Crippen LogP contribution in [0.5, 0.6) is 0 Å². The number of thioether (sulfide) groups is 1. The van der Waals surface area contributed by atoms with E-state index in [-0.39, 0.29) is 5.17 Å². The molecule has 0 bridgehead atoms. The first-order valence-electron chi connectivity index (χ1n) is 4.13. The van der Waals surface area contributed by atoms with Crippen LogP contribution in [0.2, 0.25) is 0 Å². The number of hydrogen-bond donors (Lipinski definition) is 3. The maximum Gasteiger partial charge on any atom is 0.177 e. The Morgan fingerprint density at radius 3 is 2.64 bits per heavy atom. The summed E-state index contributed by atoms with van der Waals surface area (Å²) in [5, 5.41) is 13.3. The van der Waals surface area contributed by atoms with Gasteiger partial charge in [0.2, 0.25) is 0 Å². The summed E-state index contributed by atoms with van der Waals surface area (Å²) >= 11 is 1.23. The molecule has 1 unspecified atom stereocenters. The fraction of sp³-hybridized carbons (Fsp3) is 0.222. The van der Waals surface area contributed by atoms with E-state index in [4.69, 9.17) is 11.6 Å². The van der Waals surface area contributed by atoms with Gasteiger partial charge >= 0.3 is 0 Å². The highest BCUT2D eigenvalue weighted by Gasteiger charge is 2.07. The lowest BCUT2D eigenvalue weighted by Gasteiger charge is -2.09. The van der Waals surface area contributed by atoms with E-state index in [9.17, 15) is 5.11 Å². The van der Waals surface area contributed by atoms with Crippen molar-refractivity contribution >= 4 is 16.9 Å². The predicted octanol–water partition coefficient (Wildman–Crippen LogP) is 0.642. The lowest BCUT2D eigenvalue weighted by Crippen LogP contribution is -2.12. The van der Waals surface area contributed by atoms with Crippen LogP contribution in [-0.4, -0.2) is 16.0 Å². The van der Waals surface area contributed by atoms with E-state index in [1.165, 1.54) is 11.8 Å². The normalized spacial score (nSPS) is 13.9. The minimum atomic E-state index is -0.540. The zero-order valence-electron chi connectivity index (χ0n) is 7.63. The molecule has 5 heteroatoms. The number of nitrogens with zero attached hydrogens (tertiary/aromatic N) is 1. The van der Waals surface area contributed by atoms with E-state index in [1.54, 1.807) is 0 Å². The predicted molar refractivity (Wildman–Crippen MR) is 59.7 cm³/mol. The highest BCUT2D eigenvalue weighted by Crippen LogP contribution is 2.17. The number of benzene rings is 1. The Bertz CT molecular complexity index is 302. The van der Waals surface area contributed by atoms with Crippen LogP contribution in [-0.2, 0) is 0 Å². The molecule has 0 amide bonds. The second-order valence-corrected chi connectivity index (χ2v) is 3.75. The van der Waals surface area contributed by atoms with Gasteiger partial charge in [-0.15, -0.1) is 0 Å². The monoisotopic (exact) mass is 211 g/mol. The van der Waals surface area contributed by atoms with Gasteiger partial charge < -0.3 is 16.7 Å². The first-order valence-corrected chi connectivity index (χ1v) is 5.11. The van der Waals surface area contributed by atoms with Crippen LogP contribution in [0.15, 0.2) is 35.4 Å². The molecule has 5 N–H and O–H groups in total. The summed E-state index contributed by atoms with van der Waals surface area (Å²) in [5.74, 6) is 5.41.